The number of para-hydroxylation sites is 1. The fourth-order valence-electron chi connectivity index (χ4n) is 2.55. The normalized spacial score (nSPS) is 10.7. The highest BCUT2D eigenvalue weighted by molar-refractivity contribution is 5.91. The minimum Gasteiger partial charge on any atom is -0.494 e. The van der Waals surface area contributed by atoms with E-state index in [1.165, 1.54) is 23.8 Å². The van der Waals surface area contributed by atoms with Crippen molar-refractivity contribution in [3.05, 3.63) is 64.5 Å². The van der Waals surface area contributed by atoms with Gasteiger partial charge in [0, 0.05) is 11.8 Å². The smallest absolute Gasteiger partial charge is 0.261 e. The molecule has 0 aliphatic rings. The molecule has 0 aliphatic heterocycles. The van der Waals surface area contributed by atoms with Gasteiger partial charge in [-0.1, -0.05) is 12.1 Å². The van der Waals surface area contributed by atoms with Crippen LogP contribution in [0, 0.1) is 12.7 Å². The minimum atomic E-state index is -0.582. The zero-order valence-electron chi connectivity index (χ0n) is 13.7. The van der Waals surface area contributed by atoms with E-state index in [1.807, 2.05) is 0 Å². The van der Waals surface area contributed by atoms with Gasteiger partial charge < -0.3 is 10.1 Å². The second-order valence-corrected chi connectivity index (χ2v) is 5.46. The molecule has 0 bridgehead atoms. The van der Waals surface area contributed by atoms with Crippen molar-refractivity contribution in [2.75, 3.05) is 12.4 Å². The molecule has 0 saturated carbocycles. The number of ether oxygens (including phenoxy) is 1. The summed E-state index contributed by atoms with van der Waals surface area (Å²) in [7, 11) is 1.36. The molecule has 1 heterocycles. The van der Waals surface area contributed by atoms with Gasteiger partial charge in [0.25, 0.3) is 5.56 Å². The zero-order valence-corrected chi connectivity index (χ0v) is 13.7. The number of carbonyl (C=O) groups excluding carboxylic acids is 1. The second-order valence-electron chi connectivity index (χ2n) is 5.46. The first kappa shape index (κ1) is 16.6. The van der Waals surface area contributed by atoms with Gasteiger partial charge in [-0.2, -0.15) is 0 Å². The van der Waals surface area contributed by atoms with Crippen LogP contribution in [0.25, 0.3) is 10.9 Å². The molecule has 0 saturated heterocycles. The average molecular weight is 341 g/mol. The van der Waals surface area contributed by atoms with E-state index in [2.05, 4.69) is 10.3 Å². The topological polar surface area (TPSA) is 73.2 Å². The number of amides is 1. The molecule has 6 nitrogen and oxygen atoms in total. The number of anilines is 1. The summed E-state index contributed by atoms with van der Waals surface area (Å²) in [6, 6.07) is 11.0. The molecule has 0 spiro atoms. The number of rotatable bonds is 4. The van der Waals surface area contributed by atoms with E-state index in [1.54, 1.807) is 31.2 Å². The standard InChI is InChI=1S/C18H16FN3O3/c1-11-20-15-6-4-3-5-13(15)18(24)22(11)10-17(23)21-12-7-8-16(25-2)14(19)9-12/h3-9H,10H2,1-2H3,(H,21,23). The Morgan fingerprint density at radius 3 is 2.76 bits per heavy atom. The second kappa shape index (κ2) is 6.72. The van der Waals surface area contributed by atoms with Crippen LogP contribution in [-0.2, 0) is 11.3 Å². The predicted octanol–water partition coefficient (Wildman–Crippen LogP) is 2.49. The highest BCUT2D eigenvalue weighted by Gasteiger charge is 2.12. The first-order chi connectivity index (χ1) is 12.0. The van der Waals surface area contributed by atoms with E-state index in [0.29, 0.717) is 16.7 Å². The Morgan fingerprint density at radius 2 is 2.04 bits per heavy atom. The van der Waals surface area contributed by atoms with Crippen molar-refractivity contribution in [3.63, 3.8) is 0 Å². The molecule has 3 rings (SSSR count). The van der Waals surface area contributed by atoms with Gasteiger partial charge in [0.1, 0.15) is 12.4 Å². The van der Waals surface area contributed by atoms with Crippen LogP contribution >= 0.6 is 0 Å². The lowest BCUT2D eigenvalue weighted by Gasteiger charge is -2.11. The van der Waals surface area contributed by atoms with Gasteiger partial charge in [0.15, 0.2) is 11.6 Å². The third kappa shape index (κ3) is 3.35. The van der Waals surface area contributed by atoms with Crippen LogP contribution in [0.3, 0.4) is 0 Å². The highest BCUT2D eigenvalue weighted by atomic mass is 19.1. The van der Waals surface area contributed by atoms with E-state index < -0.39 is 11.7 Å². The summed E-state index contributed by atoms with van der Waals surface area (Å²) < 4.78 is 19.8. The van der Waals surface area contributed by atoms with Gasteiger partial charge in [-0.05, 0) is 31.2 Å². The number of nitrogens with zero attached hydrogens (tertiary/aromatic N) is 2. The van der Waals surface area contributed by atoms with E-state index >= 15 is 0 Å². The quantitative estimate of drug-likeness (QED) is 0.791. The molecule has 3 aromatic rings. The Morgan fingerprint density at radius 1 is 1.28 bits per heavy atom. The molecule has 25 heavy (non-hydrogen) atoms. The third-order valence-corrected chi connectivity index (χ3v) is 3.79. The molecular weight excluding hydrogens is 325 g/mol. The highest BCUT2D eigenvalue weighted by Crippen LogP contribution is 2.20. The summed E-state index contributed by atoms with van der Waals surface area (Å²) in [6.45, 7) is 1.45. The van der Waals surface area contributed by atoms with Gasteiger partial charge in [-0.3, -0.25) is 14.2 Å². The summed E-state index contributed by atoms with van der Waals surface area (Å²) in [4.78, 5) is 29.1. The maximum Gasteiger partial charge on any atom is 0.261 e. The average Bonchev–Trinajstić information content (AvgIpc) is 2.59. The van der Waals surface area contributed by atoms with Crippen molar-refractivity contribution in [3.8, 4) is 5.75 Å². The van der Waals surface area contributed by atoms with Crippen LogP contribution < -0.4 is 15.6 Å². The van der Waals surface area contributed by atoms with Crippen LogP contribution in [0.2, 0.25) is 0 Å². The van der Waals surface area contributed by atoms with Crippen LogP contribution in [0.15, 0.2) is 47.3 Å². The van der Waals surface area contributed by atoms with Crippen molar-refractivity contribution in [2.24, 2.45) is 0 Å². The van der Waals surface area contributed by atoms with Crippen LogP contribution in [0.4, 0.5) is 10.1 Å². The molecular formula is C18H16FN3O3. The van der Waals surface area contributed by atoms with E-state index in [4.69, 9.17) is 4.74 Å². The van der Waals surface area contributed by atoms with Crippen LogP contribution in [0.1, 0.15) is 5.82 Å². The van der Waals surface area contributed by atoms with Crippen molar-refractivity contribution in [2.45, 2.75) is 13.5 Å². The molecule has 1 N–H and O–H groups in total. The Kier molecular flexibility index (Phi) is 4.47. The van der Waals surface area contributed by atoms with Crippen molar-refractivity contribution >= 4 is 22.5 Å². The lowest BCUT2D eigenvalue weighted by atomic mass is 10.2. The first-order valence-corrected chi connectivity index (χ1v) is 7.59. The number of benzene rings is 2. The third-order valence-electron chi connectivity index (χ3n) is 3.79. The Bertz CT molecular complexity index is 1010. The number of halogens is 1. The molecule has 128 valence electrons. The molecule has 0 unspecified atom stereocenters. The summed E-state index contributed by atoms with van der Waals surface area (Å²) >= 11 is 0. The SMILES string of the molecule is COc1ccc(NC(=O)Cn2c(C)nc3ccccc3c2=O)cc1F. The number of aromatic nitrogens is 2. The molecule has 0 radical (unpaired) electrons. The summed E-state index contributed by atoms with van der Waals surface area (Å²) in [6.07, 6.45) is 0. The first-order valence-electron chi connectivity index (χ1n) is 7.59. The Hall–Kier alpha value is -3.22. The number of methoxy groups -OCH3 is 1. The summed E-state index contributed by atoms with van der Waals surface area (Å²) in [5.74, 6) is -0.517. The summed E-state index contributed by atoms with van der Waals surface area (Å²) in [5.41, 5.74) is 0.570. The van der Waals surface area contributed by atoms with Gasteiger partial charge in [-0.25, -0.2) is 9.37 Å². The lowest BCUT2D eigenvalue weighted by molar-refractivity contribution is -0.116. The van der Waals surface area contributed by atoms with E-state index in [0.717, 1.165) is 6.07 Å². The molecule has 7 heteroatoms. The Labute approximate surface area is 142 Å². The zero-order chi connectivity index (χ0) is 18.0. The molecule has 0 atom stereocenters. The number of nitrogens with one attached hydrogen (secondary N) is 1. The largest absolute Gasteiger partial charge is 0.494 e. The molecule has 0 fully saturated rings. The molecule has 1 aromatic heterocycles. The summed E-state index contributed by atoms with van der Waals surface area (Å²) in [5, 5.41) is 3.00. The fourth-order valence-corrected chi connectivity index (χ4v) is 2.55. The monoisotopic (exact) mass is 341 g/mol. The number of hydrogen-bond donors (Lipinski definition) is 1. The number of carbonyl (C=O) groups is 1. The number of hydrogen-bond acceptors (Lipinski definition) is 4. The van der Waals surface area contributed by atoms with Gasteiger partial charge in [-0.15, -0.1) is 0 Å². The van der Waals surface area contributed by atoms with Crippen molar-refractivity contribution in [1.29, 1.82) is 0 Å². The molecule has 2 aromatic carbocycles. The number of fused-ring (bicyclic) bond motifs is 1. The van der Waals surface area contributed by atoms with Crippen LogP contribution in [-0.4, -0.2) is 22.6 Å². The van der Waals surface area contributed by atoms with Crippen molar-refractivity contribution in [1.82, 2.24) is 9.55 Å². The minimum absolute atomic E-state index is 0.0868. The molecule has 1 amide bonds. The van der Waals surface area contributed by atoms with E-state index in [9.17, 15) is 14.0 Å². The van der Waals surface area contributed by atoms with Crippen LogP contribution in [0.5, 0.6) is 5.75 Å². The van der Waals surface area contributed by atoms with Gasteiger partial charge >= 0.3 is 0 Å². The number of aryl methyl sites for hydroxylation is 1. The lowest BCUT2D eigenvalue weighted by Crippen LogP contribution is -2.30. The van der Waals surface area contributed by atoms with E-state index in [-0.39, 0.29) is 23.5 Å². The predicted molar refractivity (Wildman–Crippen MR) is 92.3 cm³/mol. The van der Waals surface area contributed by atoms with Gasteiger partial charge in [0.05, 0.1) is 18.0 Å². The fraction of sp³-hybridized carbons (Fsp3) is 0.167. The Balaban J connectivity index is 1.85. The molecule has 0 aliphatic carbocycles. The van der Waals surface area contributed by atoms with Crippen molar-refractivity contribution < 1.29 is 13.9 Å². The maximum atomic E-state index is 13.7. The maximum absolute atomic E-state index is 13.7. The van der Waals surface area contributed by atoms with Gasteiger partial charge in [0.2, 0.25) is 5.91 Å².